The molecule has 2 amide bonds. The molecule has 0 radical (unpaired) electrons. The molecule has 11 heteroatoms. The van der Waals surface area contributed by atoms with Crippen LogP contribution in [0.4, 0.5) is 5.00 Å². The van der Waals surface area contributed by atoms with Gasteiger partial charge < -0.3 is 24.1 Å². The van der Waals surface area contributed by atoms with Crippen molar-refractivity contribution in [2.75, 3.05) is 32.6 Å². The van der Waals surface area contributed by atoms with Gasteiger partial charge in [0.1, 0.15) is 5.00 Å². The van der Waals surface area contributed by atoms with Crippen LogP contribution in [0.25, 0.3) is 0 Å². The van der Waals surface area contributed by atoms with Crippen LogP contribution in [0.15, 0.2) is 21.2 Å². The number of carbonyl (C=O) groups excluding carboxylic acids is 4. The van der Waals surface area contributed by atoms with Crippen molar-refractivity contribution in [2.45, 2.75) is 13.8 Å². The molecule has 2 rings (SSSR count). The average Bonchev–Trinajstić information content (AvgIpc) is 3.22. The maximum absolute atomic E-state index is 12.4. The van der Waals surface area contributed by atoms with E-state index in [1.54, 1.807) is 27.9 Å². The maximum atomic E-state index is 12.4. The fourth-order valence-electron chi connectivity index (χ4n) is 2.25. The summed E-state index contributed by atoms with van der Waals surface area (Å²) in [4.78, 5) is 50.5. The van der Waals surface area contributed by atoms with Gasteiger partial charge in [0.15, 0.2) is 11.3 Å². The zero-order chi connectivity index (χ0) is 21.7. The molecule has 0 atom stereocenters. The van der Waals surface area contributed by atoms with Crippen molar-refractivity contribution >= 4 is 56.0 Å². The third-order valence-electron chi connectivity index (χ3n) is 3.59. The van der Waals surface area contributed by atoms with E-state index in [1.807, 2.05) is 0 Å². The minimum absolute atomic E-state index is 0.0669. The smallest absolute Gasteiger partial charge is 0.374 e. The predicted molar refractivity (Wildman–Crippen MR) is 108 cm³/mol. The molecule has 0 aliphatic carbocycles. The highest BCUT2D eigenvalue weighted by Crippen LogP contribution is 2.34. The van der Waals surface area contributed by atoms with Gasteiger partial charge in [-0.3, -0.25) is 9.59 Å². The number of hydrogen-bond acceptors (Lipinski definition) is 8. The number of hydrogen-bond donors (Lipinski definition) is 1. The maximum Gasteiger partial charge on any atom is 0.374 e. The molecule has 2 aromatic heterocycles. The van der Waals surface area contributed by atoms with E-state index in [0.717, 1.165) is 11.3 Å². The van der Waals surface area contributed by atoms with Gasteiger partial charge >= 0.3 is 11.9 Å². The van der Waals surface area contributed by atoms with E-state index in [-0.39, 0.29) is 28.8 Å². The Labute approximate surface area is 179 Å². The molecule has 0 spiro atoms. The molecule has 2 aromatic rings. The first kappa shape index (κ1) is 22.6. The molecule has 0 aliphatic heterocycles. The molecule has 29 heavy (non-hydrogen) atoms. The molecule has 0 bridgehead atoms. The van der Waals surface area contributed by atoms with Gasteiger partial charge in [-0.25, -0.2) is 9.59 Å². The van der Waals surface area contributed by atoms with E-state index < -0.39 is 24.5 Å². The van der Waals surface area contributed by atoms with Crippen LogP contribution in [-0.2, 0) is 14.3 Å². The van der Waals surface area contributed by atoms with Crippen molar-refractivity contribution in [1.82, 2.24) is 4.90 Å². The monoisotopic (exact) mass is 486 g/mol. The minimum Gasteiger partial charge on any atom is -0.462 e. The number of rotatable bonds is 7. The highest BCUT2D eigenvalue weighted by atomic mass is 79.9. The summed E-state index contributed by atoms with van der Waals surface area (Å²) in [6, 6.07) is 2.91. The molecule has 0 fully saturated rings. The summed E-state index contributed by atoms with van der Waals surface area (Å²) in [5.41, 5.74) is 0.497. The van der Waals surface area contributed by atoms with Crippen LogP contribution in [0.1, 0.15) is 43.1 Å². The molecule has 0 aromatic carbocycles. The summed E-state index contributed by atoms with van der Waals surface area (Å²) in [6.45, 7) is 2.78. The van der Waals surface area contributed by atoms with Crippen LogP contribution in [0.5, 0.6) is 0 Å². The Bertz CT molecular complexity index is 948. The summed E-state index contributed by atoms with van der Waals surface area (Å²) < 4.78 is 15.3. The van der Waals surface area contributed by atoms with Crippen LogP contribution in [0.3, 0.4) is 0 Å². The molecular weight excluding hydrogens is 468 g/mol. The number of ether oxygens (including phenoxy) is 2. The lowest BCUT2D eigenvalue weighted by molar-refractivity contribution is -0.119. The Morgan fingerprint density at radius 2 is 1.86 bits per heavy atom. The third kappa shape index (κ3) is 5.45. The second-order valence-corrected chi connectivity index (χ2v) is 7.71. The van der Waals surface area contributed by atoms with Gasteiger partial charge in [-0.05, 0) is 47.5 Å². The Morgan fingerprint density at radius 3 is 2.41 bits per heavy atom. The average molecular weight is 487 g/mol. The summed E-state index contributed by atoms with van der Waals surface area (Å²) >= 11 is 4.01. The molecular formula is C18H19BrN2O7S. The molecule has 9 nitrogen and oxygen atoms in total. The number of esters is 2. The molecule has 156 valence electrons. The van der Waals surface area contributed by atoms with Crippen molar-refractivity contribution in [2.24, 2.45) is 0 Å². The van der Waals surface area contributed by atoms with E-state index in [2.05, 4.69) is 21.2 Å². The quantitative estimate of drug-likeness (QED) is 0.597. The van der Waals surface area contributed by atoms with E-state index in [4.69, 9.17) is 13.9 Å². The molecule has 0 unspecified atom stereocenters. The standard InChI is InChI=1S/C18H19BrN2O7S/c1-5-26-18(25)13-9(2)14(16(23)21(3)4)29-15(13)20-12(22)8-27-17(24)10-6-7-11(19)28-10/h6-7H,5,8H2,1-4H3,(H,20,22). The number of furan rings is 1. The predicted octanol–water partition coefficient (Wildman–Crippen LogP) is 3.09. The fourth-order valence-corrected chi connectivity index (χ4v) is 3.79. The third-order valence-corrected chi connectivity index (χ3v) is 5.21. The van der Waals surface area contributed by atoms with Crippen LogP contribution in [0.2, 0.25) is 0 Å². The van der Waals surface area contributed by atoms with Gasteiger partial charge in [-0.1, -0.05) is 0 Å². The summed E-state index contributed by atoms with van der Waals surface area (Å²) in [5, 5.41) is 2.65. The topological polar surface area (TPSA) is 115 Å². The number of nitrogens with zero attached hydrogens (tertiary/aromatic N) is 1. The van der Waals surface area contributed by atoms with Crippen molar-refractivity contribution in [3.8, 4) is 0 Å². The zero-order valence-corrected chi connectivity index (χ0v) is 18.6. The first-order valence-electron chi connectivity index (χ1n) is 8.40. The van der Waals surface area contributed by atoms with E-state index in [1.165, 1.54) is 17.0 Å². The lowest BCUT2D eigenvalue weighted by atomic mass is 10.1. The summed E-state index contributed by atoms with van der Waals surface area (Å²) in [5.74, 6) is -2.54. The molecule has 0 saturated heterocycles. The highest BCUT2D eigenvalue weighted by Gasteiger charge is 2.27. The Morgan fingerprint density at radius 1 is 1.17 bits per heavy atom. The normalized spacial score (nSPS) is 10.4. The van der Waals surface area contributed by atoms with Gasteiger partial charge in [-0.2, -0.15) is 0 Å². The molecule has 2 heterocycles. The van der Waals surface area contributed by atoms with Crippen LogP contribution >= 0.6 is 27.3 Å². The first-order valence-corrected chi connectivity index (χ1v) is 10.0. The lowest BCUT2D eigenvalue weighted by Crippen LogP contribution is -2.21. The van der Waals surface area contributed by atoms with E-state index in [0.29, 0.717) is 15.1 Å². The summed E-state index contributed by atoms with van der Waals surface area (Å²) in [6.07, 6.45) is 0. The molecule has 0 saturated carbocycles. The van der Waals surface area contributed by atoms with Crippen LogP contribution in [-0.4, -0.2) is 56.0 Å². The van der Waals surface area contributed by atoms with Gasteiger partial charge in [0.25, 0.3) is 11.8 Å². The number of halogens is 1. The Kier molecular flexibility index (Phi) is 7.57. The Balaban J connectivity index is 2.18. The zero-order valence-electron chi connectivity index (χ0n) is 16.2. The van der Waals surface area contributed by atoms with Crippen molar-refractivity contribution in [3.63, 3.8) is 0 Å². The van der Waals surface area contributed by atoms with Crippen molar-refractivity contribution < 1.29 is 33.1 Å². The second kappa shape index (κ2) is 9.70. The molecule has 1 N–H and O–H groups in total. The Hall–Kier alpha value is -2.66. The van der Waals surface area contributed by atoms with E-state index in [9.17, 15) is 19.2 Å². The number of amides is 2. The van der Waals surface area contributed by atoms with Crippen molar-refractivity contribution in [1.29, 1.82) is 0 Å². The largest absolute Gasteiger partial charge is 0.462 e. The van der Waals surface area contributed by atoms with Crippen LogP contribution < -0.4 is 5.32 Å². The first-order chi connectivity index (χ1) is 13.6. The minimum atomic E-state index is -0.817. The molecule has 0 aliphatic rings. The fraction of sp³-hybridized carbons (Fsp3) is 0.333. The van der Waals surface area contributed by atoms with Gasteiger partial charge in [0.2, 0.25) is 5.76 Å². The van der Waals surface area contributed by atoms with Crippen molar-refractivity contribution in [3.05, 3.63) is 38.6 Å². The second-order valence-electron chi connectivity index (χ2n) is 5.91. The van der Waals surface area contributed by atoms with E-state index >= 15 is 0 Å². The van der Waals surface area contributed by atoms with Gasteiger partial charge in [0, 0.05) is 14.1 Å². The SMILES string of the molecule is CCOC(=O)c1c(NC(=O)COC(=O)c2ccc(Br)o2)sc(C(=O)N(C)C)c1C. The van der Waals surface area contributed by atoms with Crippen LogP contribution in [0, 0.1) is 6.92 Å². The highest BCUT2D eigenvalue weighted by molar-refractivity contribution is 9.10. The number of nitrogens with one attached hydrogen (secondary N) is 1. The summed E-state index contributed by atoms with van der Waals surface area (Å²) in [7, 11) is 3.16. The van der Waals surface area contributed by atoms with Gasteiger partial charge in [0.05, 0.1) is 17.0 Å². The van der Waals surface area contributed by atoms with Gasteiger partial charge in [-0.15, -0.1) is 11.3 Å². The number of anilines is 1. The number of carbonyl (C=O) groups is 4. The number of thiophene rings is 1. The lowest BCUT2D eigenvalue weighted by Gasteiger charge is -2.09.